The van der Waals surface area contributed by atoms with Gasteiger partial charge in [0.2, 0.25) is 5.91 Å². The second kappa shape index (κ2) is 8.16. The highest BCUT2D eigenvalue weighted by molar-refractivity contribution is 6.33. The summed E-state index contributed by atoms with van der Waals surface area (Å²) in [6, 6.07) is 16.4. The van der Waals surface area contributed by atoms with Crippen molar-refractivity contribution in [2.75, 3.05) is 16.5 Å². The summed E-state index contributed by atoms with van der Waals surface area (Å²) >= 11 is 5.62. The van der Waals surface area contributed by atoms with Gasteiger partial charge in [0.25, 0.3) is 5.91 Å². The van der Waals surface area contributed by atoms with Gasteiger partial charge in [0, 0.05) is 22.3 Å². The molecule has 2 amide bonds. The minimum absolute atomic E-state index is 0.0398. The van der Waals surface area contributed by atoms with Gasteiger partial charge in [-0.1, -0.05) is 42.5 Å². The number of hydrogen-bond acceptors (Lipinski definition) is 4. The first-order valence-corrected chi connectivity index (χ1v) is 10.0. The Bertz CT molecular complexity index is 1270. The molecule has 6 nitrogen and oxygen atoms in total. The summed E-state index contributed by atoms with van der Waals surface area (Å²) in [4.78, 5) is 51.3. The second-order valence-electron chi connectivity index (χ2n) is 7.07. The zero-order valence-corrected chi connectivity index (χ0v) is 17.2. The highest BCUT2D eigenvalue weighted by atomic mass is 35.5. The van der Waals surface area contributed by atoms with E-state index in [9.17, 15) is 19.2 Å². The number of nitrogens with one attached hydrogen (secondary N) is 2. The molecule has 2 N–H and O–H groups in total. The van der Waals surface area contributed by atoms with Gasteiger partial charge in [-0.2, -0.15) is 0 Å². The lowest BCUT2D eigenvalue weighted by molar-refractivity contribution is -0.113. The van der Waals surface area contributed by atoms with Gasteiger partial charge in [0.1, 0.15) is 5.88 Å². The van der Waals surface area contributed by atoms with Crippen LogP contribution in [0.5, 0.6) is 0 Å². The molecular formula is C24H17ClN2O4. The summed E-state index contributed by atoms with van der Waals surface area (Å²) in [7, 11) is 0. The first-order valence-electron chi connectivity index (χ1n) is 9.50. The van der Waals surface area contributed by atoms with Crippen LogP contribution in [-0.2, 0) is 4.79 Å². The zero-order chi connectivity index (χ0) is 22.1. The monoisotopic (exact) mass is 432 g/mol. The molecule has 1 aliphatic carbocycles. The SMILES string of the molecule is Cc1ccccc1C(=O)Nc1c(NC(=O)CCl)ccc2c1C(=O)c1ccccc1C2=O. The predicted octanol–water partition coefficient (Wildman–Crippen LogP) is 4.20. The predicted molar refractivity (Wildman–Crippen MR) is 118 cm³/mol. The standard InChI is InChI=1S/C24H17ClN2O4/c1-13-6-2-3-7-14(13)24(31)27-21-18(26-19(28)12-25)11-10-17-20(21)23(30)16-9-5-4-8-15(16)22(17)29/h2-11H,12H2,1H3,(H,26,28)(H,27,31). The number of ketones is 2. The van der Waals surface area contributed by atoms with E-state index in [-0.39, 0.29) is 39.7 Å². The Balaban J connectivity index is 1.88. The van der Waals surface area contributed by atoms with Gasteiger partial charge in [0.15, 0.2) is 11.6 Å². The number of anilines is 2. The van der Waals surface area contributed by atoms with E-state index >= 15 is 0 Å². The Hall–Kier alpha value is -3.77. The fraction of sp³-hybridized carbons (Fsp3) is 0.0833. The van der Waals surface area contributed by atoms with Crippen molar-refractivity contribution in [1.29, 1.82) is 0 Å². The molecule has 7 heteroatoms. The topological polar surface area (TPSA) is 92.3 Å². The van der Waals surface area contributed by atoms with Crippen LogP contribution in [-0.4, -0.2) is 29.3 Å². The van der Waals surface area contributed by atoms with Crippen LogP contribution in [0.1, 0.15) is 47.8 Å². The van der Waals surface area contributed by atoms with E-state index in [0.717, 1.165) is 5.56 Å². The highest BCUT2D eigenvalue weighted by Crippen LogP contribution is 2.37. The summed E-state index contributed by atoms with van der Waals surface area (Å²) in [5.41, 5.74) is 2.14. The van der Waals surface area contributed by atoms with Gasteiger partial charge in [-0.25, -0.2) is 0 Å². The lowest BCUT2D eigenvalue weighted by atomic mass is 9.82. The van der Waals surface area contributed by atoms with Crippen LogP contribution >= 0.6 is 11.6 Å². The molecule has 31 heavy (non-hydrogen) atoms. The van der Waals surface area contributed by atoms with E-state index < -0.39 is 17.6 Å². The van der Waals surface area contributed by atoms with Crippen molar-refractivity contribution in [2.45, 2.75) is 6.92 Å². The number of amides is 2. The van der Waals surface area contributed by atoms with E-state index in [4.69, 9.17) is 11.6 Å². The van der Waals surface area contributed by atoms with E-state index in [2.05, 4.69) is 10.6 Å². The Kier molecular flexibility index (Phi) is 5.40. The van der Waals surface area contributed by atoms with Gasteiger partial charge in [0.05, 0.1) is 16.9 Å². The van der Waals surface area contributed by atoms with Crippen LogP contribution < -0.4 is 10.6 Å². The third-order valence-corrected chi connectivity index (χ3v) is 5.36. The molecule has 0 radical (unpaired) electrons. The first-order chi connectivity index (χ1) is 14.9. The van der Waals surface area contributed by atoms with Crippen LogP contribution in [0.3, 0.4) is 0 Å². The van der Waals surface area contributed by atoms with Gasteiger partial charge in [-0.3, -0.25) is 19.2 Å². The van der Waals surface area contributed by atoms with Gasteiger partial charge < -0.3 is 10.6 Å². The van der Waals surface area contributed by atoms with E-state index in [0.29, 0.717) is 11.1 Å². The molecule has 0 saturated heterocycles. The van der Waals surface area contributed by atoms with Crippen LogP contribution in [0.25, 0.3) is 0 Å². The molecule has 4 rings (SSSR count). The Morgan fingerprint density at radius 2 is 1.45 bits per heavy atom. The van der Waals surface area contributed by atoms with Crippen molar-refractivity contribution in [1.82, 2.24) is 0 Å². The van der Waals surface area contributed by atoms with E-state index in [1.165, 1.54) is 12.1 Å². The number of benzene rings is 3. The van der Waals surface area contributed by atoms with Crippen LogP contribution in [0.4, 0.5) is 11.4 Å². The molecule has 0 spiro atoms. The fourth-order valence-corrected chi connectivity index (χ4v) is 3.68. The molecule has 0 saturated carbocycles. The molecule has 0 aromatic heterocycles. The molecule has 0 bridgehead atoms. The lowest BCUT2D eigenvalue weighted by Crippen LogP contribution is -2.26. The van der Waals surface area contributed by atoms with Gasteiger partial charge in [-0.15, -0.1) is 11.6 Å². The van der Waals surface area contributed by atoms with Gasteiger partial charge in [-0.05, 0) is 30.7 Å². The number of fused-ring (bicyclic) bond motifs is 2. The quantitative estimate of drug-likeness (QED) is 0.473. The molecule has 3 aromatic rings. The number of halogens is 1. The Labute approximate surface area is 183 Å². The second-order valence-corrected chi connectivity index (χ2v) is 7.33. The molecule has 1 aliphatic rings. The summed E-state index contributed by atoms with van der Waals surface area (Å²) in [6.07, 6.45) is 0. The minimum Gasteiger partial charge on any atom is -0.323 e. The average molecular weight is 433 g/mol. The number of alkyl halides is 1. The molecule has 0 heterocycles. The van der Waals surface area contributed by atoms with Crippen LogP contribution in [0.2, 0.25) is 0 Å². The molecule has 0 atom stereocenters. The normalized spacial score (nSPS) is 12.1. The van der Waals surface area contributed by atoms with Crippen molar-refractivity contribution in [3.05, 3.63) is 94.0 Å². The summed E-state index contributed by atoms with van der Waals surface area (Å²) in [6.45, 7) is 1.79. The number of carbonyl (C=O) groups is 4. The van der Waals surface area contributed by atoms with E-state index in [1.54, 1.807) is 49.4 Å². The number of aryl methyl sites for hydroxylation is 1. The Morgan fingerprint density at radius 1 is 0.806 bits per heavy atom. The molecule has 0 unspecified atom stereocenters. The molecular weight excluding hydrogens is 416 g/mol. The maximum absolute atomic E-state index is 13.3. The van der Waals surface area contributed by atoms with Crippen molar-refractivity contribution in [2.24, 2.45) is 0 Å². The average Bonchev–Trinajstić information content (AvgIpc) is 2.78. The maximum Gasteiger partial charge on any atom is 0.256 e. The van der Waals surface area contributed by atoms with Crippen molar-refractivity contribution < 1.29 is 19.2 Å². The number of rotatable bonds is 4. The summed E-state index contributed by atoms with van der Waals surface area (Å²) in [5, 5.41) is 5.33. The van der Waals surface area contributed by atoms with Crippen molar-refractivity contribution in [3.8, 4) is 0 Å². The van der Waals surface area contributed by atoms with Crippen LogP contribution in [0, 0.1) is 6.92 Å². The summed E-state index contributed by atoms with van der Waals surface area (Å²) in [5.74, 6) is -2.02. The minimum atomic E-state index is -0.511. The summed E-state index contributed by atoms with van der Waals surface area (Å²) < 4.78 is 0. The first kappa shape index (κ1) is 20.5. The third-order valence-electron chi connectivity index (χ3n) is 5.12. The Morgan fingerprint density at radius 3 is 2.13 bits per heavy atom. The molecule has 154 valence electrons. The molecule has 3 aromatic carbocycles. The zero-order valence-electron chi connectivity index (χ0n) is 16.5. The van der Waals surface area contributed by atoms with Crippen LogP contribution in [0.15, 0.2) is 60.7 Å². The maximum atomic E-state index is 13.3. The molecule has 0 fully saturated rings. The molecule has 0 aliphatic heterocycles. The number of hydrogen-bond donors (Lipinski definition) is 2. The van der Waals surface area contributed by atoms with E-state index in [1.807, 2.05) is 6.07 Å². The lowest BCUT2D eigenvalue weighted by Gasteiger charge is -2.23. The highest BCUT2D eigenvalue weighted by Gasteiger charge is 2.33. The van der Waals surface area contributed by atoms with Crippen molar-refractivity contribution in [3.63, 3.8) is 0 Å². The smallest absolute Gasteiger partial charge is 0.256 e. The largest absolute Gasteiger partial charge is 0.323 e. The number of carbonyl (C=O) groups excluding carboxylic acids is 4. The fourth-order valence-electron chi connectivity index (χ4n) is 3.61. The van der Waals surface area contributed by atoms with Crippen molar-refractivity contribution >= 4 is 46.4 Å². The van der Waals surface area contributed by atoms with Gasteiger partial charge >= 0.3 is 0 Å². The third kappa shape index (κ3) is 3.62.